The third-order valence-electron chi connectivity index (χ3n) is 1.85. The van der Waals surface area contributed by atoms with Crippen molar-refractivity contribution in [2.45, 2.75) is 6.61 Å². The fraction of sp³-hybridized carbons (Fsp3) is 0.143. The van der Waals surface area contributed by atoms with Crippen LogP contribution in [0.3, 0.4) is 0 Å². The first-order valence-electron chi connectivity index (χ1n) is 3.70. The molecule has 1 aromatic heterocycles. The Morgan fingerprint density at radius 3 is 3.00 bits per heavy atom. The summed E-state index contributed by atoms with van der Waals surface area (Å²) >= 11 is 0. The quantitative estimate of drug-likeness (QED) is 0.402. The molecule has 0 bridgehead atoms. The molecule has 2 rings (SSSR count). The van der Waals surface area contributed by atoms with Crippen LogP contribution in [0.25, 0.3) is 0 Å². The summed E-state index contributed by atoms with van der Waals surface area (Å²) in [6, 6.07) is 1.38. The molecule has 13 heavy (non-hydrogen) atoms. The second-order valence-electron chi connectivity index (χ2n) is 2.71. The van der Waals surface area contributed by atoms with Crippen LogP contribution >= 0.6 is 0 Å². The maximum absolute atomic E-state index is 11.0. The largest absolute Gasteiger partial charge is 0.490 e. The maximum Gasteiger partial charge on any atom is 0.490 e. The number of hydrogen-bond acceptors (Lipinski definition) is 5. The van der Waals surface area contributed by atoms with Gasteiger partial charge in [0.2, 0.25) is 0 Å². The molecule has 1 aliphatic rings. The van der Waals surface area contributed by atoms with Crippen LogP contribution in [-0.4, -0.2) is 28.1 Å². The number of hydrogen-bond donors (Lipinski definition) is 2. The van der Waals surface area contributed by atoms with Crippen molar-refractivity contribution in [3.8, 4) is 0 Å². The number of nitrogens with zero attached hydrogens (tertiary/aromatic N) is 1. The number of carbonyl (C=O) groups is 1. The van der Waals surface area contributed by atoms with Gasteiger partial charge in [-0.3, -0.25) is 4.98 Å². The Morgan fingerprint density at radius 1 is 1.54 bits per heavy atom. The predicted octanol–water partition coefficient (Wildman–Crippen LogP) is -1.57. The number of carbonyl (C=O) groups excluding carboxylic acids is 1. The second-order valence-corrected chi connectivity index (χ2v) is 2.71. The van der Waals surface area contributed by atoms with E-state index in [0.717, 1.165) is 0 Å². The van der Waals surface area contributed by atoms with Crippen molar-refractivity contribution in [1.29, 1.82) is 0 Å². The van der Waals surface area contributed by atoms with Crippen LogP contribution in [0.5, 0.6) is 0 Å². The van der Waals surface area contributed by atoms with Gasteiger partial charge in [0.25, 0.3) is 0 Å². The molecule has 1 aromatic rings. The Morgan fingerprint density at radius 2 is 2.31 bits per heavy atom. The zero-order valence-electron chi connectivity index (χ0n) is 6.60. The SMILES string of the molecule is O=C1OCc2ncc(B(O)O)cc21. The van der Waals surface area contributed by atoms with Crippen LogP contribution in [0.2, 0.25) is 0 Å². The van der Waals surface area contributed by atoms with Crippen LogP contribution in [-0.2, 0) is 11.3 Å². The fourth-order valence-electron chi connectivity index (χ4n) is 1.15. The first-order valence-corrected chi connectivity index (χ1v) is 3.70. The smallest absolute Gasteiger partial charge is 0.456 e. The van der Waals surface area contributed by atoms with Gasteiger partial charge in [-0.1, -0.05) is 0 Å². The summed E-state index contributed by atoms with van der Waals surface area (Å²) in [6.45, 7) is 0.163. The molecule has 6 heteroatoms. The van der Waals surface area contributed by atoms with E-state index in [-0.39, 0.29) is 12.1 Å². The van der Waals surface area contributed by atoms with Gasteiger partial charge in [-0.25, -0.2) is 4.79 Å². The molecule has 0 aromatic carbocycles. The van der Waals surface area contributed by atoms with Gasteiger partial charge >= 0.3 is 13.1 Å². The van der Waals surface area contributed by atoms with Gasteiger partial charge in [0, 0.05) is 11.7 Å². The average Bonchev–Trinajstić information content (AvgIpc) is 2.47. The van der Waals surface area contributed by atoms with E-state index < -0.39 is 13.1 Å². The third-order valence-corrected chi connectivity index (χ3v) is 1.85. The lowest BCUT2D eigenvalue weighted by atomic mass is 9.81. The minimum atomic E-state index is -1.61. The van der Waals surface area contributed by atoms with Gasteiger partial charge in [0.05, 0.1) is 11.3 Å². The normalized spacial score (nSPS) is 13.8. The zero-order valence-corrected chi connectivity index (χ0v) is 6.60. The van der Waals surface area contributed by atoms with Crippen molar-refractivity contribution in [3.05, 3.63) is 23.5 Å². The molecule has 0 radical (unpaired) electrons. The van der Waals surface area contributed by atoms with Crippen molar-refractivity contribution >= 4 is 18.6 Å². The molecule has 0 saturated carbocycles. The van der Waals surface area contributed by atoms with Gasteiger partial charge in [-0.05, 0) is 6.07 Å². The van der Waals surface area contributed by atoms with Crippen molar-refractivity contribution in [2.24, 2.45) is 0 Å². The van der Waals surface area contributed by atoms with E-state index >= 15 is 0 Å². The average molecular weight is 179 g/mol. The molecular weight excluding hydrogens is 173 g/mol. The number of cyclic esters (lactones) is 1. The molecule has 2 N–H and O–H groups in total. The lowest BCUT2D eigenvalue weighted by Crippen LogP contribution is -2.30. The number of rotatable bonds is 1. The lowest BCUT2D eigenvalue weighted by Gasteiger charge is -1.98. The first kappa shape index (κ1) is 8.21. The number of esters is 1. The van der Waals surface area contributed by atoms with E-state index in [4.69, 9.17) is 14.8 Å². The fourth-order valence-corrected chi connectivity index (χ4v) is 1.15. The summed E-state index contributed by atoms with van der Waals surface area (Å²) in [5, 5.41) is 17.6. The Hall–Kier alpha value is -1.40. The van der Waals surface area contributed by atoms with Crippen LogP contribution < -0.4 is 5.46 Å². The van der Waals surface area contributed by atoms with Crippen molar-refractivity contribution < 1.29 is 19.6 Å². The van der Waals surface area contributed by atoms with E-state index in [1.807, 2.05) is 0 Å². The third kappa shape index (κ3) is 1.30. The van der Waals surface area contributed by atoms with Crippen molar-refractivity contribution in [3.63, 3.8) is 0 Å². The highest BCUT2D eigenvalue weighted by atomic mass is 16.5. The van der Waals surface area contributed by atoms with E-state index in [1.54, 1.807) is 0 Å². The zero-order chi connectivity index (χ0) is 9.42. The molecule has 5 nitrogen and oxygen atoms in total. The monoisotopic (exact) mass is 179 g/mol. The van der Waals surface area contributed by atoms with Gasteiger partial charge in [-0.15, -0.1) is 0 Å². The number of ether oxygens (including phenoxy) is 1. The van der Waals surface area contributed by atoms with Gasteiger partial charge in [0.15, 0.2) is 0 Å². The first-order chi connectivity index (χ1) is 6.18. The molecule has 0 aliphatic carbocycles. The Labute approximate surface area is 74.1 Å². The summed E-state index contributed by atoms with van der Waals surface area (Å²) in [7, 11) is -1.61. The number of fused-ring (bicyclic) bond motifs is 1. The molecule has 0 fully saturated rings. The highest BCUT2D eigenvalue weighted by molar-refractivity contribution is 6.58. The number of aromatic nitrogens is 1. The van der Waals surface area contributed by atoms with Crippen LogP contribution in [0.1, 0.15) is 16.1 Å². The van der Waals surface area contributed by atoms with E-state index in [1.165, 1.54) is 12.3 Å². The molecule has 1 aliphatic heterocycles. The molecule has 0 amide bonds. The standard InChI is InChI=1S/C7H6BNO4/c10-7-5-1-4(8(11)12)2-9-6(5)3-13-7/h1-2,11-12H,3H2. The summed E-state index contributed by atoms with van der Waals surface area (Å²) < 4.78 is 4.69. The Kier molecular flexibility index (Phi) is 1.79. The minimum absolute atomic E-state index is 0.163. The molecule has 0 atom stereocenters. The topological polar surface area (TPSA) is 79.7 Å². The minimum Gasteiger partial charge on any atom is -0.456 e. The summed E-state index contributed by atoms with van der Waals surface area (Å²) in [5.74, 6) is -0.468. The van der Waals surface area contributed by atoms with E-state index in [2.05, 4.69) is 4.98 Å². The predicted molar refractivity (Wildman–Crippen MR) is 43.2 cm³/mol. The van der Waals surface area contributed by atoms with Crippen LogP contribution in [0.15, 0.2) is 12.3 Å². The van der Waals surface area contributed by atoms with Crippen LogP contribution in [0.4, 0.5) is 0 Å². The highest BCUT2D eigenvalue weighted by Gasteiger charge is 2.24. The maximum atomic E-state index is 11.0. The van der Waals surface area contributed by atoms with Crippen LogP contribution in [0, 0.1) is 0 Å². The summed E-state index contributed by atoms with van der Waals surface area (Å²) in [4.78, 5) is 14.9. The highest BCUT2D eigenvalue weighted by Crippen LogP contribution is 2.15. The Bertz CT molecular complexity index is 366. The van der Waals surface area contributed by atoms with Gasteiger partial charge in [-0.2, -0.15) is 0 Å². The molecule has 66 valence electrons. The van der Waals surface area contributed by atoms with E-state index in [0.29, 0.717) is 11.3 Å². The molecular formula is C7H6BNO4. The number of pyridine rings is 1. The van der Waals surface area contributed by atoms with Gasteiger partial charge in [0.1, 0.15) is 6.61 Å². The lowest BCUT2D eigenvalue weighted by molar-refractivity contribution is 0.0533. The van der Waals surface area contributed by atoms with Gasteiger partial charge < -0.3 is 14.8 Å². The van der Waals surface area contributed by atoms with E-state index in [9.17, 15) is 4.79 Å². The second kappa shape index (κ2) is 2.83. The van der Waals surface area contributed by atoms with Crippen molar-refractivity contribution in [2.75, 3.05) is 0 Å². The molecule has 0 spiro atoms. The Balaban J connectivity index is 2.48. The summed E-state index contributed by atoms with van der Waals surface area (Å²) in [5.41, 5.74) is 1.04. The molecule has 0 unspecified atom stereocenters. The summed E-state index contributed by atoms with van der Waals surface area (Å²) in [6.07, 6.45) is 1.31. The molecule has 2 heterocycles. The van der Waals surface area contributed by atoms with Crippen molar-refractivity contribution in [1.82, 2.24) is 4.98 Å². The molecule has 0 saturated heterocycles.